The summed E-state index contributed by atoms with van der Waals surface area (Å²) in [6.45, 7) is 3.94. The van der Waals surface area contributed by atoms with Gasteiger partial charge < -0.3 is 14.8 Å². The highest BCUT2D eigenvalue weighted by Gasteiger charge is 2.48. The van der Waals surface area contributed by atoms with E-state index >= 15 is 0 Å². The Morgan fingerprint density at radius 1 is 1.26 bits per heavy atom. The Kier molecular flexibility index (Phi) is 6.86. The summed E-state index contributed by atoms with van der Waals surface area (Å²) in [4.78, 5) is 24.3. The fourth-order valence-electron chi connectivity index (χ4n) is 3.00. The second-order valence-corrected chi connectivity index (χ2v) is 6.83. The number of hydrogen-bond donors (Lipinski definition) is 1. The van der Waals surface area contributed by atoms with E-state index in [0.717, 1.165) is 6.07 Å². The molecule has 1 fully saturated rings. The maximum absolute atomic E-state index is 13.2. The molecule has 0 heterocycles. The highest BCUT2D eigenvalue weighted by atomic mass is 19.4. The minimum atomic E-state index is -4.47. The van der Waals surface area contributed by atoms with E-state index in [1.54, 1.807) is 0 Å². The van der Waals surface area contributed by atoms with Gasteiger partial charge in [0.2, 0.25) is 5.91 Å². The maximum Gasteiger partial charge on any atom is 0.416 e. The lowest BCUT2D eigenvalue weighted by atomic mass is 10.0. The topological polar surface area (TPSA) is 64.6 Å². The molecule has 0 aromatic heterocycles. The highest BCUT2D eigenvalue weighted by molar-refractivity contribution is 5.88. The number of ether oxygens (including phenoxy) is 2. The van der Waals surface area contributed by atoms with Crippen LogP contribution in [0.1, 0.15) is 43.7 Å². The second kappa shape index (κ2) is 8.73. The van der Waals surface area contributed by atoms with Gasteiger partial charge in [0.05, 0.1) is 18.8 Å². The molecule has 150 valence electrons. The predicted octanol–water partition coefficient (Wildman–Crippen LogP) is 3.28. The van der Waals surface area contributed by atoms with Crippen LogP contribution in [-0.4, -0.2) is 37.7 Å². The third kappa shape index (κ3) is 5.69. The summed E-state index contributed by atoms with van der Waals surface area (Å²) in [6, 6.07) is 4.38. The summed E-state index contributed by atoms with van der Waals surface area (Å²) >= 11 is 0. The van der Waals surface area contributed by atoms with Crippen molar-refractivity contribution in [2.24, 2.45) is 5.92 Å². The molecule has 0 unspecified atom stereocenters. The number of halogens is 3. The molecule has 0 saturated heterocycles. The Morgan fingerprint density at radius 2 is 1.93 bits per heavy atom. The van der Waals surface area contributed by atoms with Crippen LogP contribution in [0, 0.1) is 5.92 Å². The molecular formula is C19H24F3NO4. The second-order valence-electron chi connectivity index (χ2n) is 6.83. The van der Waals surface area contributed by atoms with Gasteiger partial charge in [-0.2, -0.15) is 13.2 Å². The van der Waals surface area contributed by atoms with Crippen LogP contribution in [0.5, 0.6) is 0 Å². The Balaban J connectivity index is 2.01. The van der Waals surface area contributed by atoms with Gasteiger partial charge in [-0.25, -0.2) is 4.79 Å². The van der Waals surface area contributed by atoms with E-state index in [-0.39, 0.29) is 24.7 Å². The fraction of sp³-hybridized carbons (Fsp3) is 0.579. The molecule has 2 rings (SSSR count). The number of alkyl halides is 3. The standard InChI is InChI=1S/C19H24F3NO4/c1-11(2)27-9-8-16(18(25)26-3)23-17(24)14-10-13(14)12-6-4-5-7-15(12)19(20,21)22/h4-7,11,13-14,16H,8-10H2,1-3H3,(H,23,24)/t13-,14-,16+/m1/s1. The lowest BCUT2D eigenvalue weighted by Crippen LogP contribution is -2.43. The van der Waals surface area contributed by atoms with Gasteiger partial charge in [0.25, 0.3) is 0 Å². The third-order valence-electron chi connectivity index (χ3n) is 4.45. The molecule has 1 N–H and O–H groups in total. The quantitative estimate of drug-likeness (QED) is 0.696. The molecule has 5 nitrogen and oxygen atoms in total. The van der Waals surface area contributed by atoms with Crippen molar-refractivity contribution in [2.45, 2.75) is 50.9 Å². The third-order valence-corrected chi connectivity index (χ3v) is 4.45. The zero-order chi connectivity index (χ0) is 20.2. The number of rotatable bonds is 8. The van der Waals surface area contributed by atoms with Crippen molar-refractivity contribution < 1.29 is 32.2 Å². The van der Waals surface area contributed by atoms with Crippen LogP contribution >= 0.6 is 0 Å². The predicted molar refractivity (Wildman–Crippen MR) is 91.9 cm³/mol. The van der Waals surface area contributed by atoms with Crippen molar-refractivity contribution in [3.05, 3.63) is 35.4 Å². The molecule has 1 saturated carbocycles. The van der Waals surface area contributed by atoms with E-state index in [9.17, 15) is 22.8 Å². The molecule has 0 bridgehead atoms. The minimum Gasteiger partial charge on any atom is -0.467 e. The van der Waals surface area contributed by atoms with Crippen LogP contribution in [0.2, 0.25) is 0 Å². The summed E-state index contributed by atoms with van der Waals surface area (Å²) in [5.41, 5.74) is -0.608. The van der Waals surface area contributed by atoms with Crippen LogP contribution in [-0.2, 0) is 25.2 Å². The van der Waals surface area contributed by atoms with E-state index in [0.29, 0.717) is 6.42 Å². The molecule has 8 heteroatoms. The first-order valence-corrected chi connectivity index (χ1v) is 8.81. The molecule has 1 amide bonds. The molecular weight excluding hydrogens is 363 g/mol. The number of nitrogens with one attached hydrogen (secondary N) is 1. The first-order chi connectivity index (χ1) is 12.6. The summed E-state index contributed by atoms with van der Waals surface area (Å²) in [5.74, 6) is -2.15. The van der Waals surface area contributed by atoms with Crippen LogP contribution in [0.3, 0.4) is 0 Å². The number of esters is 1. The van der Waals surface area contributed by atoms with Crippen molar-refractivity contribution in [2.75, 3.05) is 13.7 Å². The van der Waals surface area contributed by atoms with Gasteiger partial charge in [-0.3, -0.25) is 4.79 Å². The number of carbonyl (C=O) groups is 2. The van der Waals surface area contributed by atoms with Crippen LogP contribution in [0.15, 0.2) is 24.3 Å². The van der Waals surface area contributed by atoms with E-state index in [1.165, 1.54) is 25.3 Å². The van der Waals surface area contributed by atoms with Crippen LogP contribution in [0.25, 0.3) is 0 Å². The summed E-state index contributed by atoms with van der Waals surface area (Å²) in [7, 11) is 1.21. The molecule has 1 aromatic carbocycles. The lowest BCUT2D eigenvalue weighted by molar-refractivity contribution is -0.146. The molecule has 1 aliphatic carbocycles. The van der Waals surface area contributed by atoms with Crippen LogP contribution in [0.4, 0.5) is 13.2 Å². The molecule has 1 aliphatic rings. The monoisotopic (exact) mass is 387 g/mol. The average molecular weight is 387 g/mol. The van der Waals surface area contributed by atoms with Gasteiger partial charge in [-0.15, -0.1) is 0 Å². The summed E-state index contributed by atoms with van der Waals surface area (Å²) in [5, 5.41) is 2.59. The van der Waals surface area contributed by atoms with Crippen molar-refractivity contribution in [3.8, 4) is 0 Å². The van der Waals surface area contributed by atoms with Crippen molar-refractivity contribution in [3.63, 3.8) is 0 Å². The molecule has 0 aliphatic heterocycles. The number of benzene rings is 1. The Bertz CT molecular complexity index is 675. The Morgan fingerprint density at radius 3 is 2.52 bits per heavy atom. The van der Waals surface area contributed by atoms with E-state index in [2.05, 4.69) is 10.1 Å². The first kappa shape index (κ1) is 21.2. The van der Waals surface area contributed by atoms with Crippen LogP contribution < -0.4 is 5.32 Å². The minimum absolute atomic E-state index is 0.0225. The smallest absolute Gasteiger partial charge is 0.416 e. The highest BCUT2D eigenvalue weighted by Crippen LogP contribution is 2.51. The van der Waals surface area contributed by atoms with Gasteiger partial charge >= 0.3 is 12.1 Å². The number of carbonyl (C=O) groups excluding carboxylic acids is 2. The molecule has 27 heavy (non-hydrogen) atoms. The average Bonchev–Trinajstić information content (AvgIpc) is 3.40. The normalized spacial score (nSPS) is 20.3. The molecule has 3 atom stereocenters. The largest absolute Gasteiger partial charge is 0.467 e. The number of amides is 1. The fourth-order valence-corrected chi connectivity index (χ4v) is 3.00. The van der Waals surface area contributed by atoms with Gasteiger partial charge in [-0.05, 0) is 37.8 Å². The van der Waals surface area contributed by atoms with Gasteiger partial charge in [0, 0.05) is 18.9 Å². The SMILES string of the molecule is COC(=O)[C@H](CCOC(C)C)NC(=O)[C@@H]1C[C@@H]1c1ccccc1C(F)(F)F. The van der Waals surface area contributed by atoms with E-state index < -0.39 is 41.5 Å². The Hall–Kier alpha value is -2.09. The zero-order valence-corrected chi connectivity index (χ0v) is 15.5. The number of methoxy groups -OCH3 is 1. The molecule has 1 aromatic rings. The molecule has 0 radical (unpaired) electrons. The van der Waals surface area contributed by atoms with E-state index in [1.807, 2.05) is 13.8 Å². The lowest BCUT2D eigenvalue weighted by Gasteiger charge is -2.18. The van der Waals surface area contributed by atoms with Gasteiger partial charge in [0.1, 0.15) is 6.04 Å². The van der Waals surface area contributed by atoms with Gasteiger partial charge in [-0.1, -0.05) is 18.2 Å². The van der Waals surface area contributed by atoms with Gasteiger partial charge in [0.15, 0.2) is 0 Å². The van der Waals surface area contributed by atoms with E-state index in [4.69, 9.17) is 4.74 Å². The van der Waals surface area contributed by atoms with Crippen molar-refractivity contribution in [1.82, 2.24) is 5.32 Å². The number of hydrogen-bond acceptors (Lipinski definition) is 4. The summed E-state index contributed by atoms with van der Waals surface area (Å²) < 4.78 is 49.5. The zero-order valence-electron chi connectivity index (χ0n) is 15.5. The maximum atomic E-state index is 13.2. The Labute approximate surface area is 156 Å². The first-order valence-electron chi connectivity index (χ1n) is 8.81. The summed E-state index contributed by atoms with van der Waals surface area (Å²) in [6.07, 6.45) is -3.95. The molecule has 0 spiro atoms. The van der Waals surface area contributed by atoms with Crippen molar-refractivity contribution >= 4 is 11.9 Å². The van der Waals surface area contributed by atoms with Crippen molar-refractivity contribution in [1.29, 1.82) is 0 Å².